The highest BCUT2D eigenvalue weighted by atomic mass is 19.4. The minimum absolute atomic E-state index is 0.0106. The molecule has 0 aliphatic carbocycles. The van der Waals surface area contributed by atoms with Crippen LogP contribution in [0.25, 0.3) is 0 Å². The van der Waals surface area contributed by atoms with Crippen LogP contribution in [0, 0.1) is 24.2 Å². The van der Waals surface area contributed by atoms with Crippen LogP contribution >= 0.6 is 0 Å². The van der Waals surface area contributed by atoms with E-state index >= 15 is 0 Å². The standard InChI is InChI=1S/C19H27F3/c1-8-10-18(12-16(6)19(20,21)22)15(5)11-14(4)17(7)13(3)9-2/h2,10-11,13,16H,8,12H2,1,3-7H3/b15-11+,17-14-,18-10+. The predicted molar refractivity (Wildman–Crippen MR) is 88.3 cm³/mol. The van der Waals surface area contributed by atoms with Gasteiger partial charge in [0.1, 0.15) is 0 Å². The van der Waals surface area contributed by atoms with Gasteiger partial charge in [0.15, 0.2) is 0 Å². The Labute approximate surface area is 133 Å². The first-order chi connectivity index (χ1) is 10.0. The Balaban J connectivity index is 5.42. The fourth-order valence-electron chi connectivity index (χ4n) is 2.10. The van der Waals surface area contributed by atoms with Gasteiger partial charge in [-0.3, -0.25) is 0 Å². The highest BCUT2D eigenvalue weighted by molar-refractivity contribution is 5.38. The third-order valence-electron chi connectivity index (χ3n) is 4.00. The van der Waals surface area contributed by atoms with Crippen molar-refractivity contribution in [1.82, 2.24) is 0 Å². The van der Waals surface area contributed by atoms with Gasteiger partial charge in [0.05, 0.1) is 5.92 Å². The molecule has 0 saturated heterocycles. The molecule has 0 aromatic carbocycles. The zero-order valence-electron chi connectivity index (χ0n) is 14.4. The number of halogens is 3. The Morgan fingerprint density at radius 1 is 1.18 bits per heavy atom. The summed E-state index contributed by atoms with van der Waals surface area (Å²) in [6.07, 6.45) is 5.80. The van der Waals surface area contributed by atoms with E-state index in [-0.39, 0.29) is 12.3 Å². The van der Waals surface area contributed by atoms with Gasteiger partial charge in [-0.2, -0.15) is 13.2 Å². The summed E-state index contributed by atoms with van der Waals surface area (Å²) in [5, 5.41) is 0. The van der Waals surface area contributed by atoms with Gasteiger partial charge >= 0.3 is 6.18 Å². The first kappa shape index (κ1) is 20.6. The van der Waals surface area contributed by atoms with Crippen LogP contribution in [0.2, 0.25) is 0 Å². The van der Waals surface area contributed by atoms with E-state index in [1.807, 2.05) is 46.8 Å². The monoisotopic (exact) mass is 312 g/mol. The molecule has 0 aromatic heterocycles. The van der Waals surface area contributed by atoms with Gasteiger partial charge in [0, 0.05) is 5.92 Å². The van der Waals surface area contributed by atoms with E-state index < -0.39 is 12.1 Å². The predicted octanol–water partition coefficient (Wildman–Crippen LogP) is 6.46. The normalized spacial score (nSPS) is 17.6. The van der Waals surface area contributed by atoms with Crippen molar-refractivity contribution < 1.29 is 13.2 Å². The molecular formula is C19H27F3. The molecule has 0 aliphatic heterocycles. The molecule has 0 radical (unpaired) electrons. The van der Waals surface area contributed by atoms with Gasteiger partial charge in [-0.15, -0.1) is 6.42 Å². The molecule has 0 aromatic rings. The van der Waals surface area contributed by atoms with Crippen molar-refractivity contribution in [3.8, 4) is 12.3 Å². The number of allylic oxidation sites excluding steroid dienone is 6. The van der Waals surface area contributed by atoms with Crippen LogP contribution in [-0.4, -0.2) is 6.18 Å². The van der Waals surface area contributed by atoms with Crippen molar-refractivity contribution in [2.24, 2.45) is 11.8 Å². The zero-order valence-corrected chi connectivity index (χ0v) is 14.4. The van der Waals surface area contributed by atoms with Crippen LogP contribution < -0.4 is 0 Å². The number of hydrogen-bond acceptors (Lipinski definition) is 0. The van der Waals surface area contributed by atoms with Crippen molar-refractivity contribution in [2.45, 2.75) is 60.6 Å². The van der Waals surface area contributed by atoms with Crippen molar-refractivity contribution in [1.29, 1.82) is 0 Å². The van der Waals surface area contributed by atoms with Crippen LogP contribution in [0.3, 0.4) is 0 Å². The van der Waals surface area contributed by atoms with Crippen molar-refractivity contribution in [3.05, 3.63) is 34.4 Å². The molecule has 0 amide bonds. The molecule has 0 N–H and O–H groups in total. The van der Waals surface area contributed by atoms with Gasteiger partial charge in [0.25, 0.3) is 0 Å². The molecule has 22 heavy (non-hydrogen) atoms. The van der Waals surface area contributed by atoms with Crippen molar-refractivity contribution >= 4 is 0 Å². The second-order valence-corrected chi connectivity index (χ2v) is 5.87. The number of alkyl halides is 3. The molecule has 0 heterocycles. The molecule has 0 rings (SSSR count). The molecule has 0 aliphatic rings. The first-order valence-corrected chi connectivity index (χ1v) is 7.62. The number of terminal acetylenes is 1. The highest BCUT2D eigenvalue weighted by Crippen LogP contribution is 2.33. The summed E-state index contributed by atoms with van der Waals surface area (Å²) in [4.78, 5) is 0. The van der Waals surface area contributed by atoms with E-state index in [0.29, 0.717) is 6.42 Å². The lowest BCUT2D eigenvalue weighted by Crippen LogP contribution is -2.20. The second kappa shape index (κ2) is 8.88. The Hall–Kier alpha value is -1.43. The number of rotatable bonds is 6. The van der Waals surface area contributed by atoms with Crippen LogP contribution in [-0.2, 0) is 0 Å². The van der Waals surface area contributed by atoms with Crippen molar-refractivity contribution in [3.63, 3.8) is 0 Å². The van der Waals surface area contributed by atoms with Crippen molar-refractivity contribution in [2.75, 3.05) is 0 Å². The molecule has 124 valence electrons. The van der Waals surface area contributed by atoms with E-state index in [0.717, 1.165) is 22.3 Å². The molecule has 0 spiro atoms. The smallest absolute Gasteiger partial charge is 0.171 e. The fraction of sp³-hybridized carbons (Fsp3) is 0.579. The third kappa shape index (κ3) is 6.56. The van der Waals surface area contributed by atoms with Gasteiger partial charge in [-0.25, -0.2) is 0 Å². The molecule has 2 unspecified atom stereocenters. The van der Waals surface area contributed by atoms with Crippen LogP contribution in [0.15, 0.2) is 34.4 Å². The average Bonchev–Trinajstić information content (AvgIpc) is 2.43. The molecule has 0 fully saturated rings. The summed E-state index contributed by atoms with van der Waals surface area (Å²) in [6.45, 7) is 10.9. The van der Waals surface area contributed by atoms with E-state index in [2.05, 4.69) is 5.92 Å². The lowest BCUT2D eigenvalue weighted by Gasteiger charge is -2.18. The average molecular weight is 312 g/mol. The van der Waals surface area contributed by atoms with Gasteiger partial charge in [0.2, 0.25) is 0 Å². The molecule has 2 atom stereocenters. The maximum atomic E-state index is 12.8. The summed E-state index contributed by atoms with van der Waals surface area (Å²) >= 11 is 0. The lowest BCUT2D eigenvalue weighted by molar-refractivity contribution is -0.168. The molecule has 0 bridgehead atoms. The molecule has 0 nitrogen and oxygen atoms in total. The van der Waals surface area contributed by atoms with Gasteiger partial charge in [-0.1, -0.05) is 43.1 Å². The van der Waals surface area contributed by atoms with Gasteiger partial charge < -0.3 is 0 Å². The second-order valence-electron chi connectivity index (χ2n) is 5.87. The maximum Gasteiger partial charge on any atom is 0.391 e. The lowest BCUT2D eigenvalue weighted by atomic mass is 9.92. The quantitative estimate of drug-likeness (QED) is 0.390. The van der Waals surface area contributed by atoms with E-state index in [9.17, 15) is 13.2 Å². The van der Waals surface area contributed by atoms with E-state index in [4.69, 9.17) is 6.42 Å². The minimum atomic E-state index is -4.16. The SMILES string of the molecule is C#CC(C)\C(C)=C(C)/C=C(C)/C(=C/CC)CC(C)C(F)(F)F. The largest absolute Gasteiger partial charge is 0.391 e. The van der Waals surface area contributed by atoms with Gasteiger partial charge in [-0.05, 0) is 51.7 Å². The summed E-state index contributed by atoms with van der Waals surface area (Å²) < 4.78 is 38.3. The molecule has 3 heteroatoms. The Kier molecular flexibility index (Phi) is 8.30. The van der Waals surface area contributed by atoms with Crippen LogP contribution in [0.4, 0.5) is 13.2 Å². The Morgan fingerprint density at radius 3 is 2.14 bits per heavy atom. The van der Waals surface area contributed by atoms with Crippen LogP contribution in [0.1, 0.15) is 54.4 Å². The minimum Gasteiger partial charge on any atom is -0.171 e. The first-order valence-electron chi connectivity index (χ1n) is 7.62. The topological polar surface area (TPSA) is 0 Å². The summed E-state index contributed by atoms with van der Waals surface area (Å²) in [5.74, 6) is 1.36. The van der Waals surface area contributed by atoms with E-state index in [1.54, 1.807) is 0 Å². The third-order valence-corrected chi connectivity index (χ3v) is 4.00. The fourth-order valence-corrected chi connectivity index (χ4v) is 2.10. The summed E-state index contributed by atoms with van der Waals surface area (Å²) in [5.41, 5.74) is 3.72. The zero-order chi connectivity index (χ0) is 17.5. The summed E-state index contributed by atoms with van der Waals surface area (Å²) in [6, 6.07) is 0. The highest BCUT2D eigenvalue weighted by Gasteiger charge is 2.36. The van der Waals surface area contributed by atoms with Crippen LogP contribution in [0.5, 0.6) is 0 Å². The Bertz CT molecular complexity index is 496. The molecular weight excluding hydrogens is 285 g/mol. The van der Waals surface area contributed by atoms with E-state index in [1.165, 1.54) is 6.92 Å². The maximum absolute atomic E-state index is 12.8. The summed E-state index contributed by atoms with van der Waals surface area (Å²) in [7, 11) is 0. The Morgan fingerprint density at radius 2 is 1.73 bits per heavy atom. The number of hydrogen-bond donors (Lipinski definition) is 0. The molecule has 0 saturated carbocycles.